The van der Waals surface area contributed by atoms with Gasteiger partial charge in [0.15, 0.2) is 5.78 Å². The van der Waals surface area contributed by atoms with Crippen LogP contribution in [-0.2, 0) is 4.79 Å². The molecule has 0 rings (SSSR count). The molecule has 0 radical (unpaired) electrons. The van der Waals surface area contributed by atoms with Gasteiger partial charge in [0.1, 0.15) is 6.54 Å². The van der Waals surface area contributed by atoms with E-state index in [2.05, 4.69) is 21.0 Å². The van der Waals surface area contributed by atoms with Crippen molar-refractivity contribution in [1.82, 2.24) is 0 Å². The lowest BCUT2D eigenvalue weighted by Crippen LogP contribution is -3.00. The van der Waals surface area contributed by atoms with Gasteiger partial charge in [-0.3, -0.25) is 4.79 Å². The topological polar surface area (TPSA) is 37.3 Å². The number of ketones is 1. The van der Waals surface area contributed by atoms with Gasteiger partial charge in [0.05, 0.1) is 20.6 Å². The molecule has 0 aliphatic carbocycles. The Kier molecular flexibility index (Phi) is 23.2. The Morgan fingerprint density at radius 2 is 1.07 bits per heavy atom. The maximum absolute atomic E-state index is 12.1. The highest BCUT2D eigenvalue weighted by atomic mass is 35.5. The largest absolute Gasteiger partial charge is 1.00 e. The Bertz CT molecular complexity index is 335. The molecule has 4 heteroatoms. The molecule has 1 N–H and O–H groups in total. The highest BCUT2D eigenvalue weighted by Gasteiger charge is 2.18. The van der Waals surface area contributed by atoms with Crippen LogP contribution in [0, 0.1) is 0 Å². The van der Waals surface area contributed by atoms with Crippen LogP contribution >= 0.6 is 0 Å². The van der Waals surface area contributed by atoms with E-state index < -0.39 is 0 Å². The fourth-order valence-electron chi connectivity index (χ4n) is 3.83. The third-order valence-electron chi connectivity index (χ3n) is 5.59. The monoisotopic (exact) mass is 419 g/mol. The SMILES string of the molecule is CCCCCCCCCCCCCCCCCC(=O)C[N+](C)(C)CCCO.[Cl-]. The predicted octanol–water partition coefficient (Wildman–Crippen LogP) is 3.28. The van der Waals surface area contributed by atoms with Crippen LogP contribution in [0.4, 0.5) is 0 Å². The minimum absolute atomic E-state index is 0. The molecule has 0 aromatic heterocycles. The van der Waals surface area contributed by atoms with Crippen LogP contribution in [0.15, 0.2) is 0 Å². The maximum Gasteiger partial charge on any atom is 0.186 e. The van der Waals surface area contributed by atoms with Gasteiger partial charge in [0.25, 0.3) is 0 Å². The summed E-state index contributed by atoms with van der Waals surface area (Å²) in [5.74, 6) is 0.382. The number of unbranched alkanes of at least 4 members (excludes halogenated alkanes) is 14. The van der Waals surface area contributed by atoms with Crippen LogP contribution in [0.5, 0.6) is 0 Å². The Morgan fingerprint density at radius 1 is 0.679 bits per heavy atom. The molecular weight excluding hydrogens is 370 g/mol. The molecule has 28 heavy (non-hydrogen) atoms. The molecule has 0 heterocycles. The number of hydrogen-bond acceptors (Lipinski definition) is 2. The summed E-state index contributed by atoms with van der Waals surface area (Å²) in [4.78, 5) is 12.1. The van der Waals surface area contributed by atoms with E-state index in [-0.39, 0.29) is 19.0 Å². The van der Waals surface area contributed by atoms with Gasteiger partial charge in [-0.15, -0.1) is 0 Å². The highest BCUT2D eigenvalue weighted by Crippen LogP contribution is 2.14. The van der Waals surface area contributed by atoms with E-state index in [0.29, 0.717) is 16.8 Å². The lowest BCUT2D eigenvalue weighted by molar-refractivity contribution is -0.882. The average molecular weight is 420 g/mol. The highest BCUT2D eigenvalue weighted by molar-refractivity contribution is 5.79. The van der Waals surface area contributed by atoms with Crippen molar-refractivity contribution in [3.63, 3.8) is 0 Å². The minimum Gasteiger partial charge on any atom is -1.00 e. The Balaban J connectivity index is 0. The fourth-order valence-corrected chi connectivity index (χ4v) is 3.83. The lowest BCUT2D eigenvalue weighted by atomic mass is 10.0. The Morgan fingerprint density at radius 3 is 1.46 bits per heavy atom. The molecule has 0 aliphatic rings. The van der Waals surface area contributed by atoms with E-state index >= 15 is 0 Å². The van der Waals surface area contributed by atoms with Crippen LogP contribution in [0.25, 0.3) is 0 Å². The molecule has 0 fully saturated rings. The van der Waals surface area contributed by atoms with E-state index in [1.807, 2.05) is 0 Å². The molecule has 170 valence electrons. The van der Waals surface area contributed by atoms with E-state index in [0.717, 1.165) is 25.8 Å². The van der Waals surface area contributed by atoms with Crippen LogP contribution in [0.2, 0.25) is 0 Å². The lowest BCUT2D eigenvalue weighted by Gasteiger charge is -2.28. The molecule has 0 amide bonds. The molecule has 0 saturated carbocycles. The molecular formula is C24H50ClNO2. The summed E-state index contributed by atoms with van der Waals surface area (Å²) in [6.07, 6.45) is 21.9. The molecule has 0 spiro atoms. The summed E-state index contributed by atoms with van der Waals surface area (Å²) < 4.78 is 0.706. The summed E-state index contributed by atoms with van der Waals surface area (Å²) in [6.45, 7) is 3.98. The van der Waals surface area contributed by atoms with Crippen molar-refractivity contribution in [3.05, 3.63) is 0 Å². The zero-order chi connectivity index (χ0) is 20.2. The number of carbonyl (C=O) groups is 1. The number of halogens is 1. The number of hydrogen-bond donors (Lipinski definition) is 1. The number of carbonyl (C=O) groups excluding carboxylic acids is 1. The maximum atomic E-state index is 12.1. The fraction of sp³-hybridized carbons (Fsp3) is 0.958. The molecule has 0 atom stereocenters. The Labute approximate surface area is 182 Å². The zero-order valence-corrected chi connectivity index (χ0v) is 20.1. The van der Waals surface area contributed by atoms with E-state index in [9.17, 15) is 4.79 Å². The standard InChI is InChI=1S/C24H50NO2.ClH/c1-4-5-6-7-8-9-10-11-12-13-14-15-16-17-18-20-24(27)23-25(2,3)21-19-22-26;/h26H,4-23H2,1-3H3;1H/q+1;/p-1. The van der Waals surface area contributed by atoms with Crippen molar-refractivity contribution >= 4 is 5.78 Å². The number of quaternary nitrogens is 1. The zero-order valence-electron chi connectivity index (χ0n) is 19.3. The molecule has 0 bridgehead atoms. The van der Waals surface area contributed by atoms with Crippen molar-refractivity contribution in [2.45, 2.75) is 116 Å². The molecule has 0 saturated heterocycles. The number of rotatable bonds is 21. The van der Waals surface area contributed by atoms with Gasteiger partial charge < -0.3 is 22.0 Å². The number of aliphatic hydroxyl groups excluding tert-OH is 1. The number of Topliss-reactive ketones (excluding diaryl/α,β-unsaturated/α-hetero) is 1. The van der Waals surface area contributed by atoms with Crippen LogP contribution in [0.1, 0.15) is 116 Å². The van der Waals surface area contributed by atoms with Crippen molar-refractivity contribution in [2.24, 2.45) is 0 Å². The summed E-state index contributed by atoms with van der Waals surface area (Å²) >= 11 is 0. The molecule has 0 aliphatic heterocycles. The van der Waals surface area contributed by atoms with Gasteiger partial charge in [-0.25, -0.2) is 0 Å². The quantitative estimate of drug-likeness (QED) is 0.229. The van der Waals surface area contributed by atoms with E-state index in [1.165, 1.54) is 89.9 Å². The second-order valence-corrected chi connectivity index (χ2v) is 9.13. The smallest absolute Gasteiger partial charge is 0.186 e. The van der Waals surface area contributed by atoms with Crippen molar-refractivity contribution < 1.29 is 26.8 Å². The van der Waals surface area contributed by atoms with Gasteiger partial charge in [-0.05, 0) is 6.42 Å². The molecule has 3 nitrogen and oxygen atoms in total. The average Bonchev–Trinajstić information content (AvgIpc) is 2.63. The summed E-state index contributed by atoms with van der Waals surface area (Å²) in [7, 11) is 4.17. The van der Waals surface area contributed by atoms with Gasteiger partial charge in [0, 0.05) is 19.4 Å². The van der Waals surface area contributed by atoms with Crippen LogP contribution < -0.4 is 12.4 Å². The first-order valence-electron chi connectivity index (χ1n) is 12.0. The van der Waals surface area contributed by atoms with Crippen LogP contribution in [0.3, 0.4) is 0 Å². The third kappa shape index (κ3) is 22.2. The van der Waals surface area contributed by atoms with Gasteiger partial charge in [0.2, 0.25) is 0 Å². The minimum atomic E-state index is 0. The second-order valence-electron chi connectivity index (χ2n) is 9.13. The molecule has 0 unspecified atom stereocenters. The van der Waals surface area contributed by atoms with Crippen molar-refractivity contribution in [3.8, 4) is 0 Å². The Hall–Kier alpha value is -0.120. The number of likely N-dealkylation sites (N-methyl/N-ethyl adjacent to an activating group) is 1. The van der Waals surface area contributed by atoms with Crippen molar-refractivity contribution in [1.29, 1.82) is 0 Å². The van der Waals surface area contributed by atoms with Gasteiger partial charge >= 0.3 is 0 Å². The van der Waals surface area contributed by atoms with E-state index in [4.69, 9.17) is 5.11 Å². The second kappa shape index (κ2) is 21.6. The number of nitrogens with zero attached hydrogens (tertiary/aromatic N) is 1. The third-order valence-corrected chi connectivity index (χ3v) is 5.59. The normalized spacial score (nSPS) is 11.4. The first kappa shape index (κ1) is 30.1. The molecule has 0 aromatic rings. The van der Waals surface area contributed by atoms with Gasteiger partial charge in [-0.1, -0.05) is 96.8 Å². The van der Waals surface area contributed by atoms with Gasteiger partial charge in [-0.2, -0.15) is 0 Å². The summed E-state index contributed by atoms with van der Waals surface area (Å²) in [5.41, 5.74) is 0. The summed E-state index contributed by atoms with van der Waals surface area (Å²) in [6, 6.07) is 0. The predicted molar refractivity (Wildman–Crippen MR) is 118 cm³/mol. The van der Waals surface area contributed by atoms with Crippen LogP contribution in [-0.4, -0.2) is 49.2 Å². The number of aliphatic hydroxyl groups is 1. The van der Waals surface area contributed by atoms with E-state index in [1.54, 1.807) is 0 Å². The first-order valence-corrected chi connectivity index (χ1v) is 12.0. The first-order chi connectivity index (χ1) is 13.0. The molecule has 0 aromatic carbocycles. The van der Waals surface area contributed by atoms with Crippen molar-refractivity contribution in [2.75, 3.05) is 33.8 Å². The summed E-state index contributed by atoms with van der Waals surface area (Å²) in [5, 5.41) is 8.92.